The Labute approximate surface area is 201 Å². The largest absolute Gasteiger partial charge is 0.378 e. The van der Waals surface area contributed by atoms with Crippen LogP contribution in [0.25, 0.3) is 11.0 Å². The van der Waals surface area contributed by atoms with Crippen molar-refractivity contribution in [2.75, 3.05) is 37.7 Å². The third-order valence-corrected chi connectivity index (χ3v) is 6.13. The third kappa shape index (κ3) is 5.81. The number of nitrogens with zero attached hydrogens (tertiary/aromatic N) is 6. The van der Waals surface area contributed by atoms with Crippen molar-refractivity contribution >= 4 is 40.2 Å². The SMILES string of the molecule is CC(C)Sc1nc(N2CCOCC2)c2cnn(CCNC(=O)Cc3ccc([N+](=O)[O-])cc3)c2n1. The maximum Gasteiger partial charge on any atom is 0.269 e. The lowest BCUT2D eigenvalue weighted by Gasteiger charge is -2.28. The van der Waals surface area contributed by atoms with E-state index in [9.17, 15) is 14.9 Å². The molecule has 1 fully saturated rings. The highest BCUT2D eigenvalue weighted by molar-refractivity contribution is 7.99. The van der Waals surface area contributed by atoms with Gasteiger partial charge in [0.1, 0.15) is 5.82 Å². The molecule has 0 spiro atoms. The Bertz CT molecular complexity index is 1160. The predicted molar refractivity (Wildman–Crippen MR) is 129 cm³/mol. The normalized spacial score (nSPS) is 14.0. The molecule has 1 amide bonds. The van der Waals surface area contributed by atoms with Gasteiger partial charge in [0.05, 0.1) is 42.7 Å². The van der Waals surface area contributed by atoms with Gasteiger partial charge in [0.15, 0.2) is 10.8 Å². The minimum Gasteiger partial charge on any atom is -0.378 e. The zero-order chi connectivity index (χ0) is 24.1. The molecule has 11 nitrogen and oxygen atoms in total. The first kappa shape index (κ1) is 23.9. The summed E-state index contributed by atoms with van der Waals surface area (Å²) in [5.41, 5.74) is 1.46. The summed E-state index contributed by atoms with van der Waals surface area (Å²) >= 11 is 1.60. The fourth-order valence-corrected chi connectivity index (χ4v) is 4.35. The Balaban J connectivity index is 1.44. The average Bonchev–Trinajstić information content (AvgIpc) is 3.22. The lowest BCUT2D eigenvalue weighted by Crippen LogP contribution is -2.37. The number of nitro groups is 1. The van der Waals surface area contributed by atoms with Crippen LogP contribution in [-0.4, -0.2) is 68.7 Å². The zero-order valence-corrected chi connectivity index (χ0v) is 20.0. The van der Waals surface area contributed by atoms with Crippen molar-refractivity contribution in [3.63, 3.8) is 0 Å². The Morgan fingerprint density at radius 3 is 2.65 bits per heavy atom. The number of hydrogen-bond donors (Lipinski definition) is 1. The van der Waals surface area contributed by atoms with Gasteiger partial charge in [-0.3, -0.25) is 14.9 Å². The Kier molecular flexibility index (Phi) is 7.58. The van der Waals surface area contributed by atoms with Crippen LogP contribution in [0.4, 0.5) is 11.5 Å². The maximum atomic E-state index is 12.3. The standard InChI is InChI=1S/C22H27N7O4S/c1-15(2)34-22-25-20(27-9-11-33-12-10-27)18-14-24-28(21(18)26-22)8-7-23-19(30)13-16-3-5-17(6-4-16)29(31)32/h3-6,14-15H,7-13H2,1-2H3,(H,23,30). The van der Waals surface area contributed by atoms with Crippen LogP contribution in [0.5, 0.6) is 0 Å². The summed E-state index contributed by atoms with van der Waals surface area (Å²) in [6.45, 7) is 7.89. The van der Waals surface area contributed by atoms with Crippen LogP contribution in [0.2, 0.25) is 0 Å². The molecule has 1 N–H and O–H groups in total. The molecular weight excluding hydrogens is 458 g/mol. The van der Waals surface area contributed by atoms with Crippen molar-refractivity contribution in [3.8, 4) is 0 Å². The third-order valence-electron chi connectivity index (χ3n) is 5.26. The Morgan fingerprint density at radius 1 is 1.24 bits per heavy atom. The minimum atomic E-state index is -0.461. The van der Waals surface area contributed by atoms with Gasteiger partial charge in [0, 0.05) is 37.0 Å². The molecule has 34 heavy (non-hydrogen) atoms. The van der Waals surface area contributed by atoms with Crippen molar-refractivity contribution in [2.24, 2.45) is 0 Å². The number of nitrogens with one attached hydrogen (secondary N) is 1. The Hall–Kier alpha value is -3.25. The fraction of sp³-hybridized carbons (Fsp3) is 0.455. The van der Waals surface area contributed by atoms with E-state index >= 15 is 0 Å². The summed E-state index contributed by atoms with van der Waals surface area (Å²) in [7, 11) is 0. The second-order valence-corrected chi connectivity index (χ2v) is 9.69. The maximum absolute atomic E-state index is 12.3. The number of fused-ring (bicyclic) bond motifs is 1. The minimum absolute atomic E-state index is 0.00292. The molecular formula is C22H27N7O4S. The number of thioether (sulfide) groups is 1. The van der Waals surface area contributed by atoms with Gasteiger partial charge in [0.25, 0.3) is 5.69 Å². The number of hydrogen-bond acceptors (Lipinski definition) is 9. The van der Waals surface area contributed by atoms with Crippen LogP contribution in [0.15, 0.2) is 35.6 Å². The molecule has 0 aliphatic carbocycles. The number of anilines is 1. The number of carbonyl (C=O) groups excluding carboxylic acids is 1. The van der Waals surface area contributed by atoms with Crippen molar-refractivity contribution in [2.45, 2.75) is 37.2 Å². The molecule has 0 radical (unpaired) electrons. The number of carbonyl (C=O) groups is 1. The van der Waals surface area contributed by atoms with Crippen molar-refractivity contribution in [1.82, 2.24) is 25.1 Å². The average molecular weight is 486 g/mol. The van der Waals surface area contributed by atoms with Gasteiger partial charge in [-0.25, -0.2) is 14.6 Å². The van der Waals surface area contributed by atoms with Gasteiger partial charge in [-0.1, -0.05) is 37.7 Å². The number of amides is 1. The first-order chi connectivity index (χ1) is 16.4. The molecule has 3 aromatic rings. The van der Waals surface area contributed by atoms with E-state index in [4.69, 9.17) is 14.7 Å². The van der Waals surface area contributed by atoms with E-state index in [2.05, 4.69) is 29.2 Å². The molecule has 3 heterocycles. The number of benzene rings is 1. The van der Waals surface area contributed by atoms with Crippen LogP contribution in [0, 0.1) is 10.1 Å². The number of aromatic nitrogens is 4. The molecule has 0 bridgehead atoms. The number of non-ortho nitro benzene ring substituents is 1. The molecule has 1 aromatic carbocycles. The second kappa shape index (κ2) is 10.8. The molecule has 0 saturated carbocycles. The monoisotopic (exact) mass is 485 g/mol. The number of ether oxygens (including phenoxy) is 1. The molecule has 180 valence electrons. The van der Waals surface area contributed by atoms with Crippen LogP contribution in [-0.2, 0) is 22.5 Å². The summed E-state index contributed by atoms with van der Waals surface area (Å²) in [5.74, 6) is 0.704. The summed E-state index contributed by atoms with van der Waals surface area (Å²) < 4.78 is 7.28. The first-order valence-electron chi connectivity index (χ1n) is 11.1. The quantitative estimate of drug-likeness (QED) is 0.210. The zero-order valence-electron chi connectivity index (χ0n) is 19.1. The van der Waals surface area contributed by atoms with E-state index < -0.39 is 4.92 Å². The molecule has 0 atom stereocenters. The molecule has 12 heteroatoms. The fourth-order valence-electron chi connectivity index (χ4n) is 3.65. The van der Waals surface area contributed by atoms with Crippen LogP contribution in [0.1, 0.15) is 19.4 Å². The topological polar surface area (TPSA) is 128 Å². The van der Waals surface area contributed by atoms with E-state index in [1.807, 2.05) is 0 Å². The van der Waals surface area contributed by atoms with Crippen molar-refractivity contribution in [3.05, 3.63) is 46.1 Å². The van der Waals surface area contributed by atoms with E-state index in [1.54, 1.807) is 34.8 Å². The van der Waals surface area contributed by atoms with Gasteiger partial charge < -0.3 is 15.0 Å². The second-order valence-electron chi connectivity index (χ2n) is 8.15. The summed E-state index contributed by atoms with van der Waals surface area (Å²) in [5, 5.41) is 20.1. The van der Waals surface area contributed by atoms with Gasteiger partial charge >= 0.3 is 0 Å². The van der Waals surface area contributed by atoms with Crippen molar-refractivity contribution < 1.29 is 14.5 Å². The first-order valence-corrected chi connectivity index (χ1v) is 12.0. The van der Waals surface area contributed by atoms with Gasteiger partial charge in [0.2, 0.25) is 5.91 Å². The van der Waals surface area contributed by atoms with E-state index in [-0.39, 0.29) is 18.0 Å². The van der Waals surface area contributed by atoms with E-state index in [0.29, 0.717) is 42.3 Å². The highest BCUT2D eigenvalue weighted by atomic mass is 32.2. The highest BCUT2D eigenvalue weighted by Gasteiger charge is 2.20. The van der Waals surface area contributed by atoms with Crippen LogP contribution >= 0.6 is 11.8 Å². The summed E-state index contributed by atoms with van der Waals surface area (Å²) in [6, 6.07) is 5.99. The van der Waals surface area contributed by atoms with Gasteiger partial charge in [-0.05, 0) is 5.56 Å². The molecule has 1 saturated heterocycles. The predicted octanol–water partition coefficient (Wildman–Crippen LogP) is 2.43. The molecule has 2 aromatic heterocycles. The molecule has 0 unspecified atom stereocenters. The number of rotatable bonds is 9. The van der Waals surface area contributed by atoms with E-state index in [0.717, 1.165) is 29.9 Å². The van der Waals surface area contributed by atoms with Crippen LogP contribution < -0.4 is 10.2 Å². The van der Waals surface area contributed by atoms with Crippen LogP contribution in [0.3, 0.4) is 0 Å². The van der Waals surface area contributed by atoms with Crippen molar-refractivity contribution in [1.29, 1.82) is 0 Å². The van der Waals surface area contributed by atoms with Gasteiger partial charge in [-0.15, -0.1) is 0 Å². The number of morpholine rings is 1. The van der Waals surface area contributed by atoms with E-state index in [1.165, 1.54) is 12.1 Å². The van der Waals surface area contributed by atoms with Gasteiger partial charge in [-0.2, -0.15) is 5.10 Å². The summed E-state index contributed by atoms with van der Waals surface area (Å²) in [4.78, 5) is 34.4. The number of nitro benzene ring substituents is 1. The smallest absolute Gasteiger partial charge is 0.269 e. The highest BCUT2D eigenvalue weighted by Crippen LogP contribution is 2.29. The molecule has 4 rings (SSSR count). The lowest BCUT2D eigenvalue weighted by molar-refractivity contribution is -0.384. The Morgan fingerprint density at radius 2 is 1.97 bits per heavy atom. The summed E-state index contributed by atoms with van der Waals surface area (Å²) in [6.07, 6.45) is 1.93. The lowest BCUT2D eigenvalue weighted by atomic mass is 10.1. The molecule has 1 aliphatic heterocycles. The molecule has 1 aliphatic rings.